The largest absolute Gasteiger partial charge is 0.388 e. The molecule has 0 atom stereocenters. The van der Waals surface area contributed by atoms with Crippen LogP contribution in [0.2, 0.25) is 0 Å². The molecule has 0 rings (SSSR count). The van der Waals surface area contributed by atoms with Crippen molar-refractivity contribution in [3.05, 3.63) is 48.7 Å². The molecule has 0 aromatic carbocycles. The molecule has 0 aliphatic heterocycles. The van der Waals surface area contributed by atoms with Crippen LogP contribution in [0.4, 0.5) is 0 Å². The third kappa shape index (κ3) is 5.04. The Bertz CT molecular complexity index is 226. The van der Waals surface area contributed by atoms with Gasteiger partial charge < -0.3 is 10.1 Å². The summed E-state index contributed by atoms with van der Waals surface area (Å²) < 4.78 is 4.98. The van der Waals surface area contributed by atoms with Crippen LogP contribution < -0.4 is 5.32 Å². The first-order valence-electron chi connectivity index (χ1n) is 4.11. The summed E-state index contributed by atoms with van der Waals surface area (Å²) in [4.78, 5) is 0. The molecule has 0 saturated heterocycles. The second-order valence-corrected chi connectivity index (χ2v) is 2.45. The molecule has 0 amide bonds. The predicted octanol–water partition coefficient (Wildman–Crippen LogP) is 2.03. The summed E-state index contributed by atoms with van der Waals surface area (Å²) in [5.74, 6) is 0. The summed E-state index contributed by atoms with van der Waals surface area (Å²) in [5, 5.41) is 3.00. The lowest BCUT2D eigenvalue weighted by atomic mass is 10.2. The van der Waals surface area contributed by atoms with E-state index in [1.165, 1.54) is 0 Å². The maximum Gasteiger partial charge on any atom is 0.0712 e. The maximum atomic E-state index is 4.98. The van der Waals surface area contributed by atoms with Crippen LogP contribution in [-0.2, 0) is 4.74 Å². The maximum absolute atomic E-state index is 4.98. The highest BCUT2D eigenvalue weighted by Crippen LogP contribution is 1.98. The van der Waals surface area contributed by atoms with E-state index in [0.29, 0.717) is 6.61 Å². The summed E-state index contributed by atoms with van der Waals surface area (Å²) in [7, 11) is 3.51. The number of likely N-dealkylation sites (N-methyl/N-ethyl adjacent to an activating group) is 1. The second-order valence-electron chi connectivity index (χ2n) is 2.45. The topological polar surface area (TPSA) is 21.3 Å². The Balaban J connectivity index is 4.40. The summed E-state index contributed by atoms with van der Waals surface area (Å²) in [6.45, 7) is 7.93. The van der Waals surface area contributed by atoms with Gasteiger partial charge >= 0.3 is 0 Å². The Hall–Kier alpha value is -1.28. The summed E-state index contributed by atoms with van der Waals surface area (Å²) >= 11 is 0. The molecule has 0 aromatic rings. The lowest BCUT2D eigenvalue weighted by molar-refractivity contribution is 0.228. The van der Waals surface area contributed by atoms with Gasteiger partial charge in [-0.25, -0.2) is 0 Å². The number of hydrogen-bond donors (Lipinski definition) is 1. The van der Waals surface area contributed by atoms with Crippen LogP contribution in [0.1, 0.15) is 0 Å². The van der Waals surface area contributed by atoms with Crippen molar-refractivity contribution in [2.75, 3.05) is 20.8 Å². The van der Waals surface area contributed by atoms with Gasteiger partial charge in [-0.15, -0.1) is 0 Å². The normalized spacial score (nSPS) is 12.5. The summed E-state index contributed by atoms with van der Waals surface area (Å²) in [6.07, 6.45) is 7.41. The number of ether oxygens (including phenoxy) is 1. The van der Waals surface area contributed by atoms with E-state index in [1.54, 1.807) is 19.3 Å². The van der Waals surface area contributed by atoms with E-state index in [9.17, 15) is 0 Å². The Labute approximate surface area is 80.3 Å². The van der Waals surface area contributed by atoms with Crippen molar-refractivity contribution in [1.82, 2.24) is 5.32 Å². The quantitative estimate of drug-likeness (QED) is 0.630. The average molecular weight is 179 g/mol. The smallest absolute Gasteiger partial charge is 0.0712 e. The van der Waals surface area contributed by atoms with E-state index in [-0.39, 0.29) is 0 Å². The van der Waals surface area contributed by atoms with Gasteiger partial charge in [-0.2, -0.15) is 0 Å². The van der Waals surface area contributed by atoms with Crippen LogP contribution in [0.3, 0.4) is 0 Å². The molecule has 0 aromatic heterocycles. The Morgan fingerprint density at radius 2 is 2.00 bits per heavy atom. The third-order valence-corrected chi connectivity index (χ3v) is 1.56. The van der Waals surface area contributed by atoms with Gasteiger partial charge in [0.1, 0.15) is 0 Å². The molecule has 0 aliphatic rings. The van der Waals surface area contributed by atoms with E-state index >= 15 is 0 Å². The summed E-state index contributed by atoms with van der Waals surface area (Å²) in [5.41, 5.74) is 2.01. The van der Waals surface area contributed by atoms with Crippen molar-refractivity contribution in [3.8, 4) is 0 Å². The molecule has 0 bridgehead atoms. The molecule has 0 aliphatic carbocycles. The van der Waals surface area contributed by atoms with E-state index < -0.39 is 0 Å². The molecule has 0 spiro atoms. The zero-order valence-electron chi connectivity index (χ0n) is 8.34. The molecule has 0 radical (unpaired) electrons. The van der Waals surface area contributed by atoms with E-state index in [4.69, 9.17) is 4.74 Å². The van der Waals surface area contributed by atoms with Crippen LogP contribution in [0, 0.1) is 0 Å². The first-order valence-corrected chi connectivity index (χ1v) is 4.11. The molecule has 0 fully saturated rings. The lowest BCUT2D eigenvalue weighted by Crippen LogP contribution is -2.02. The van der Waals surface area contributed by atoms with E-state index in [1.807, 2.05) is 19.2 Å². The minimum Gasteiger partial charge on any atom is -0.388 e. The second kappa shape index (κ2) is 7.37. The van der Waals surface area contributed by atoms with Crippen molar-refractivity contribution >= 4 is 0 Å². The molecule has 1 N–H and O–H groups in total. The number of methoxy groups -OCH3 is 1. The van der Waals surface area contributed by atoms with Crippen LogP contribution in [-0.4, -0.2) is 20.8 Å². The molecule has 0 heterocycles. The molecule has 13 heavy (non-hydrogen) atoms. The fourth-order valence-corrected chi connectivity index (χ4v) is 0.792. The highest BCUT2D eigenvalue weighted by atomic mass is 16.5. The van der Waals surface area contributed by atoms with E-state index in [0.717, 1.165) is 11.3 Å². The molecular weight excluding hydrogens is 162 g/mol. The molecule has 2 nitrogen and oxygen atoms in total. The van der Waals surface area contributed by atoms with Crippen LogP contribution in [0.25, 0.3) is 0 Å². The van der Waals surface area contributed by atoms with Gasteiger partial charge in [-0.3, -0.25) is 0 Å². The number of rotatable bonds is 6. The van der Waals surface area contributed by atoms with Crippen LogP contribution in [0.15, 0.2) is 48.7 Å². The predicted molar refractivity (Wildman–Crippen MR) is 57.5 cm³/mol. The number of hydrogen-bond acceptors (Lipinski definition) is 2. The van der Waals surface area contributed by atoms with Gasteiger partial charge in [0.25, 0.3) is 0 Å². The SMILES string of the molecule is C=C/C(=C\C=C(/C=C)NC)COC. The van der Waals surface area contributed by atoms with Crippen LogP contribution in [0.5, 0.6) is 0 Å². The standard InChI is InChI=1S/C11H17NO/c1-5-10(9-13-4)7-8-11(6-2)12-3/h5-8,12H,1-2,9H2,3-4H3/b10-7+,11-8+. The first-order chi connectivity index (χ1) is 6.28. The molecule has 0 saturated carbocycles. The first kappa shape index (κ1) is 11.7. The highest BCUT2D eigenvalue weighted by molar-refractivity contribution is 5.27. The third-order valence-electron chi connectivity index (χ3n) is 1.56. The van der Waals surface area contributed by atoms with Crippen LogP contribution >= 0.6 is 0 Å². The van der Waals surface area contributed by atoms with Gasteiger partial charge in [0.15, 0.2) is 0 Å². The molecule has 72 valence electrons. The zero-order chi connectivity index (χ0) is 10.1. The van der Waals surface area contributed by atoms with Crippen molar-refractivity contribution < 1.29 is 4.74 Å². The summed E-state index contributed by atoms with van der Waals surface area (Å²) in [6, 6.07) is 0. The van der Waals surface area contributed by atoms with Gasteiger partial charge in [0.05, 0.1) is 6.61 Å². The van der Waals surface area contributed by atoms with Gasteiger partial charge in [0, 0.05) is 19.9 Å². The van der Waals surface area contributed by atoms with Gasteiger partial charge in [-0.05, 0) is 17.7 Å². The Morgan fingerprint density at radius 1 is 1.31 bits per heavy atom. The fourth-order valence-electron chi connectivity index (χ4n) is 0.792. The van der Waals surface area contributed by atoms with Gasteiger partial charge in [-0.1, -0.05) is 25.3 Å². The Kier molecular flexibility index (Phi) is 6.65. The van der Waals surface area contributed by atoms with E-state index in [2.05, 4.69) is 18.5 Å². The monoisotopic (exact) mass is 179 g/mol. The number of nitrogens with one attached hydrogen (secondary N) is 1. The highest BCUT2D eigenvalue weighted by Gasteiger charge is 1.88. The van der Waals surface area contributed by atoms with Crippen molar-refractivity contribution in [3.63, 3.8) is 0 Å². The Morgan fingerprint density at radius 3 is 2.38 bits per heavy atom. The molecule has 2 heteroatoms. The minimum atomic E-state index is 0.578. The fraction of sp³-hybridized carbons (Fsp3) is 0.273. The van der Waals surface area contributed by atoms with Crippen molar-refractivity contribution in [2.24, 2.45) is 0 Å². The minimum absolute atomic E-state index is 0.578. The zero-order valence-corrected chi connectivity index (χ0v) is 8.34. The average Bonchev–Trinajstić information content (AvgIpc) is 2.17. The number of allylic oxidation sites excluding steroid dienone is 3. The van der Waals surface area contributed by atoms with Gasteiger partial charge in [0.2, 0.25) is 0 Å². The van der Waals surface area contributed by atoms with Crippen molar-refractivity contribution in [2.45, 2.75) is 0 Å². The molecular formula is C11H17NO. The van der Waals surface area contributed by atoms with Crippen molar-refractivity contribution in [1.29, 1.82) is 0 Å². The molecule has 0 unspecified atom stereocenters. The lowest BCUT2D eigenvalue weighted by Gasteiger charge is -1.99.